The summed E-state index contributed by atoms with van der Waals surface area (Å²) in [4.78, 5) is 0. The summed E-state index contributed by atoms with van der Waals surface area (Å²) in [5, 5.41) is 16.1. The molecule has 2 aromatic heterocycles. The first-order valence-corrected chi connectivity index (χ1v) is 46.9. The van der Waals surface area contributed by atoms with E-state index in [2.05, 4.69) is 355 Å². The van der Waals surface area contributed by atoms with E-state index in [-0.39, 0.29) is 0 Å². The Morgan fingerprint density at radius 2 is 0.424 bits per heavy atom. The molecule has 0 saturated carbocycles. The van der Waals surface area contributed by atoms with Gasteiger partial charge in [-0.2, -0.15) is 0 Å². The molecule has 92 heavy (non-hydrogen) atoms. The SMILES string of the molecule is C[Si](C)(C)c1ccc2c(c1)c1cc([Si](C)(C)C)ccc1n2-c1ccc2c(-c3cc(-c4ccccc4)cc(-c4ccccc4)c3)c3cc(-n4c5ccc([Si](C)(C)C)cc5c5cc([Si](C)(C)C)ccc54)ccc3c(-c3cc(-c4ccccc4)cc(-c4ccccc4)c3)c2c1. The average molecular weight is 1250 g/mol. The summed E-state index contributed by atoms with van der Waals surface area (Å²) in [5.74, 6) is 0. The number of rotatable bonds is 12. The first-order valence-electron chi connectivity index (χ1n) is 32.9. The Labute approximate surface area is 547 Å². The van der Waals surface area contributed by atoms with Gasteiger partial charge in [0.1, 0.15) is 0 Å². The second kappa shape index (κ2) is 22.3. The van der Waals surface area contributed by atoms with Crippen molar-refractivity contribution >= 4 is 118 Å². The zero-order valence-electron chi connectivity index (χ0n) is 55.3. The maximum absolute atomic E-state index is 2.57. The number of hydrogen-bond donors (Lipinski definition) is 0. The molecule has 0 atom stereocenters. The van der Waals surface area contributed by atoms with E-state index in [1.54, 1.807) is 0 Å². The van der Waals surface area contributed by atoms with E-state index in [1.807, 2.05) is 0 Å². The van der Waals surface area contributed by atoms with Crippen LogP contribution in [0.2, 0.25) is 78.6 Å². The summed E-state index contributed by atoms with van der Waals surface area (Å²) in [6.45, 7) is 29.7. The Bertz CT molecular complexity index is 4800. The standard InChI is InChI=1S/C86H80N2Si4/c1-89(2,3)69-35-41-81-75(53-69)76-54-70(90(4,5)6)36-42-82(76)87(81)67-33-39-73-79(51-67)85(65-47-61(57-25-17-13-18-26-57)45-62(48-65)58-27-19-14-20-28-58)74-40-34-68(88-83-43-37-71(91(7,8)9)55-77(83)78-56-72(92(10,11)12)38-44-84(78)88)52-80(74)86(73)66-49-63(59-29-21-15-22-30-59)46-64(50-66)60-31-23-16-24-32-60/h13-56H,1-12H3. The molecule has 0 aliphatic heterocycles. The molecule has 0 bridgehead atoms. The lowest BCUT2D eigenvalue weighted by atomic mass is 9.83. The first kappa shape index (κ1) is 59.2. The fourth-order valence-electron chi connectivity index (χ4n) is 14.3. The van der Waals surface area contributed by atoms with Crippen molar-refractivity contribution in [3.05, 3.63) is 267 Å². The van der Waals surface area contributed by atoms with Gasteiger partial charge >= 0.3 is 0 Å². The van der Waals surface area contributed by atoms with Crippen molar-refractivity contribution in [1.82, 2.24) is 9.13 Å². The van der Waals surface area contributed by atoms with Gasteiger partial charge in [0.2, 0.25) is 0 Å². The average Bonchev–Trinajstić information content (AvgIpc) is 1.27. The Hall–Kier alpha value is -9.15. The number of benzene rings is 13. The monoisotopic (exact) mass is 1250 g/mol. The predicted molar refractivity (Wildman–Crippen MR) is 415 cm³/mol. The molecule has 0 amide bonds. The van der Waals surface area contributed by atoms with Crippen molar-refractivity contribution in [2.24, 2.45) is 0 Å². The lowest BCUT2D eigenvalue weighted by Gasteiger charge is -2.22. The van der Waals surface area contributed by atoms with Crippen LogP contribution in [-0.2, 0) is 0 Å². The maximum Gasteiger partial charge on any atom is 0.0776 e. The van der Waals surface area contributed by atoms with Gasteiger partial charge in [0.05, 0.1) is 54.4 Å². The van der Waals surface area contributed by atoms with Crippen molar-refractivity contribution in [2.75, 3.05) is 0 Å². The van der Waals surface area contributed by atoms with Crippen LogP contribution in [0.5, 0.6) is 0 Å². The molecule has 450 valence electrons. The van der Waals surface area contributed by atoms with Crippen LogP contribution in [-0.4, -0.2) is 41.4 Å². The van der Waals surface area contributed by atoms with Crippen LogP contribution in [0, 0.1) is 0 Å². The quantitative estimate of drug-likeness (QED) is 0.0852. The van der Waals surface area contributed by atoms with E-state index >= 15 is 0 Å². The topological polar surface area (TPSA) is 9.86 Å². The zero-order valence-corrected chi connectivity index (χ0v) is 59.3. The summed E-state index contributed by atoms with van der Waals surface area (Å²) >= 11 is 0. The van der Waals surface area contributed by atoms with Gasteiger partial charge in [-0.15, -0.1) is 0 Å². The van der Waals surface area contributed by atoms with Crippen molar-refractivity contribution < 1.29 is 0 Å². The van der Waals surface area contributed by atoms with Crippen LogP contribution in [0.4, 0.5) is 0 Å². The van der Waals surface area contributed by atoms with Crippen LogP contribution in [0.3, 0.4) is 0 Å². The molecule has 15 aromatic rings. The molecule has 0 fully saturated rings. The summed E-state index contributed by atoms with van der Waals surface area (Å²) in [6.07, 6.45) is 0. The van der Waals surface area contributed by atoms with Gasteiger partial charge < -0.3 is 9.13 Å². The molecular formula is C86H80N2Si4. The number of nitrogens with zero attached hydrogens (tertiary/aromatic N) is 2. The van der Waals surface area contributed by atoms with Gasteiger partial charge in [0, 0.05) is 32.9 Å². The van der Waals surface area contributed by atoms with E-state index in [0.29, 0.717) is 0 Å². The molecule has 0 aliphatic rings. The highest BCUT2D eigenvalue weighted by molar-refractivity contribution is 6.90. The molecule has 6 heteroatoms. The molecule has 2 nitrogen and oxygen atoms in total. The van der Waals surface area contributed by atoms with Crippen molar-refractivity contribution in [1.29, 1.82) is 0 Å². The molecule has 0 radical (unpaired) electrons. The van der Waals surface area contributed by atoms with E-state index in [1.165, 1.54) is 153 Å². The minimum atomic E-state index is -1.68. The van der Waals surface area contributed by atoms with E-state index in [0.717, 1.165) is 11.4 Å². The molecule has 0 saturated heterocycles. The fraction of sp³-hybridized carbons (Fsp3) is 0.140. The summed E-state index contributed by atoms with van der Waals surface area (Å²) < 4.78 is 5.15. The molecule has 0 unspecified atom stereocenters. The van der Waals surface area contributed by atoms with Gasteiger partial charge in [-0.05, 0) is 173 Å². The first-order chi connectivity index (χ1) is 44.1. The van der Waals surface area contributed by atoms with Crippen molar-refractivity contribution in [3.8, 4) is 78.1 Å². The zero-order chi connectivity index (χ0) is 63.6. The highest BCUT2D eigenvalue weighted by Gasteiger charge is 2.28. The fourth-order valence-corrected chi connectivity index (χ4v) is 18.9. The molecular weight excluding hydrogens is 1170 g/mol. The van der Waals surface area contributed by atoms with Crippen LogP contribution < -0.4 is 20.7 Å². The molecule has 0 aliphatic carbocycles. The maximum atomic E-state index is 2.57. The van der Waals surface area contributed by atoms with E-state index in [9.17, 15) is 0 Å². The minimum Gasteiger partial charge on any atom is -0.309 e. The Morgan fingerprint density at radius 3 is 0.663 bits per heavy atom. The summed E-state index contributed by atoms with van der Waals surface area (Å²) in [6, 6.07) is 103. The second-order valence-electron chi connectivity index (χ2n) is 29.9. The minimum absolute atomic E-state index is 1.15. The molecule has 13 aromatic carbocycles. The Kier molecular flexibility index (Phi) is 14.4. The highest BCUT2D eigenvalue weighted by atomic mass is 28.3. The lowest BCUT2D eigenvalue weighted by molar-refractivity contribution is 1.18. The Morgan fingerprint density at radius 1 is 0.185 bits per heavy atom. The van der Waals surface area contributed by atoms with Gasteiger partial charge in [0.15, 0.2) is 0 Å². The molecule has 2 heterocycles. The highest BCUT2D eigenvalue weighted by Crippen LogP contribution is 2.49. The normalized spacial score (nSPS) is 12.6. The van der Waals surface area contributed by atoms with Gasteiger partial charge in [-0.25, -0.2) is 0 Å². The second-order valence-corrected chi connectivity index (χ2v) is 50.2. The van der Waals surface area contributed by atoms with E-state index in [4.69, 9.17) is 0 Å². The predicted octanol–water partition coefficient (Wildman–Crippen LogP) is 22.4. The number of hydrogen-bond acceptors (Lipinski definition) is 0. The third kappa shape index (κ3) is 10.6. The molecule has 0 spiro atoms. The molecule has 0 N–H and O–H groups in total. The third-order valence-electron chi connectivity index (χ3n) is 19.5. The van der Waals surface area contributed by atoms with Gasteiger partial charge in [-0.1, -0.05) is 281 Å². The van der Waals surface area contributed by atoms with Crippen molar-refractivity contribution in [3.63, 3.8) is 0 Å². The summed E-state index contributed by atoms with van der Waals surface area (Å²) in [5.41, 5.74) is 21.5. The van der Waals surface area contributed by atoms with Crippen LogP contribution in [0.25, 0.3) is 143 Å². The van der Waals surface area contributed by atoms with Gasteiger partial charge in [0.25, 0.3) is 0 Å². The summed E-state index contributed by atoms with van der Waals surface area (Å²) in [7, 11) is -6.73. The largest absolute Gasteiger partial charge is 0.309 e. The molecule has 15 rings (SSSR count). The van der Waals surface area contributed by atoms with Crippen molar-refractivity contribution in [2.45, 2.75) is 78.6 Å². The van der Waals surface area contributed by atoms with Gasteiger partial charge in [-0.3, -0.25) is 0 Å². The van der Waals surface area contributed by atoms with Crippen LogP contribution in [0.15, 0.2) is 267 Å². The third-order valence-corrected chi connectivity index (χ3v) is 27.6. The smallest absolute Gasteiger partial charge is 0.0776 e. The number of aromatic nitrogens is 2. The number of fused-ring (bicyclic) bond motifs is 8. The lowest BCUT2D eigenvalue weighted by Crippen LogP contribution is -2.37. The Balaban J connectivity index is 1.12. The van der Waals surface area contributed by atoms with Crippen LogP contribution >= 0.6 is 0 Å². The van der Waals surface area contributed by atoms with E-state index < -0.39 is 32.3 Å². The van der Waals surface area contributed by atoms with Crippen LogP contribution in [0.1, 0.15) is 0 Å².